The molecule has 0 bridgehead atoms. The predicted octanol–water partition coefficient (Wildman–Crippen LogP) is 3.71. The second-order valence-corrected chi connectivity index (χ2v) is 7.09. The van der Waals surface area contributed by atoms with Crippen LogP contribution in [0, 0.1) is 0 Å². The average molecular weight is 418 g/mol. The van der Waals surface area contributed by atoms with Crippen LogP contribution in [0.25, 0.3) is 0 Å². The molecule has 0 spiro atoms. The lowest BCUT2D eigenvalue weighted by Crippen LogP contribution is -2.50. The Bertz CT molecular complexity index is 777. The Balaban J connectivity index is 2.47. The number of guanidine groups is 1. The molecule has 0 aliphatic heterocycles. The van der Waals surface area contributed by atoms with Gasteiger partial charge in [0.15, 0.2) is 5.96 Å². The number of rotatable bonds is 7. The fourth-order valence-electron chi connectivity index (χ4n) is 2.91. The van der Waals surface area contributed by atoms with E-state index in [-0.39, 0.29) is 6.42 Å². The Morgan fingerprint density at radius 2 is 2.00 bits per heavy atom. The van der Waals surface area contributed by atoms with E-state index in [1.54, 1.807) is 14.2 Å². The molecule has 0 fully saturated rings. The molecule has 0 aromatic heterocycles. The summed E-state index contributed by atoms with van der Waals surface area (Å²) in [5.41, 5.74) is 7.64. The molecule has 0 saturated carbocycles. The van der Waals surface area contributed by atoms with Crippen LogP contribution in [-0.2, 0) is 16.9 Å². The molecule has 2 aromatic rings. The molecule has 0 radical (unpaired) electrons. The van der Waals surface area contributed by atoms with Crippen molar-refractivity contribution in [2.75, 3.05) is 14.2 Å². The molecule has 2 aromatic carbocycles. The number of halogens is 1. The van der Waals surface area contributed by atoms with Gasteiger partial charge in [-0.15, -0.1) is 0 Å². The van der Waals surface area contributed by atoms with Crippen molar-refractivity contribution in [3.05, 3.63) is 64.1 Å². The Morgan fingerprint density at radius 3 is 2.54 bits per heavy atom. The van der Waals surface area contributed by atoms with Gasteiger partial charge in [0.25, 0.3) is 0 Å². The molecular weight excluding hydrogens is 394 g/mol. The number of aldehydes is 1. The minimum atomic E-state index is -0.630. The molecule has 0 unspecified atom stereocenters. The molecule has 0 aliphatic carbocycles. The maximum Gasteiger partial charge on any atom is 0.192 e. The highest BCUT2D eigenvalue weighted by Crippen LogP contribution is 2.34. The molecule has 0 saturated heterocycles. The summed E-state index contributed by atoms with van der Waals surface area (Å²) in [5, 5.41) is 0. The van der Waals surface area contributed by atoms with Gasteiger partial charge in [0.1, 0.15) is 12.0 Å². The first-order chi connectivity index (χ1) is 12.4. The molecule has 0 aliphatic rings. The van der Waals surface area contributed by atoms with Crippen molar-refractivity contribution in [1.82, 2.24) is 4.90 Å². The summed E-state index contributed by atoms with van der Waals surface area (Å²) in [4.78, 5) is 17.6. The van der Waals surface area contributed by atoms with Gasteiger partial charge in [-0.25, -0.2) is 0 Å². The molecule has 5 nitrogen and oxygen atoms in total. The number of nitrogens with two attached hydrogens (primary N) is 1. The van der Waals surface area contributed by atoms with E-state index in [0.717, 1.165) is 27.6 Å². The first-order valence-corrected chi connectivity index (χ1v) is 9.06. The van der Waals surface area contributed by atoms with Gasteiger partial charge < -0.3 is 20.2 Å². The maximum absolute atomic E-state index is 11.5. The van der Waals surface area contributed by atoms with E-state index >= 15 is 0 Å². The zero-order chi connectivity index (χ0) is 19.2. The van der Waals surface area contributed by atoms with Crippen LogP contribution in [0.5, 0.6) is 5.75 Å². The summed E-state index contributed by atoms with van der Waals surface area (Å²) in [6.45, 7) is 2.52. The van der Waals surface area contributed by atoms with Crippen molar-refractivity contribution in [2.24, 2.45) is 10.7 Å². The van der Waals surface area contributed by atoms with Gasteiger partial charge in [0, 0.05) is 24.5 Å². The number of methoxy groups -OCH3 is 1. The molecule has 6 heteroatoms. The van der Waals surface area contributed by atoms with Crippen LogP contribution in [0.15, 0.2) is 58.0 Å². The van der Waals surface area contributed by atoms with Gasteiger partial charge in [0.2, 0.25) is 0 Å². The van der Waals surface area contributed by atoms with Crippen LogP contribution >= 0.6 is 15.9 Å². The second kappa shape index (κ2) is 8.85. The summed E-state index contributed by atoms with van der Waals surface area (Å²) in [6.07, 6.45) is 1.21. The molecule has 138 valence electrons. The van der Waals surface area contributed by atoms with Gasteiger partial charge >= 0.3 is 0 Å². The quantitative estimate of drug-likeness (QED) is 0.423. The maximum atomic E-state index is 11.5. The van der Waals surface area contributed by atoms with E-state index in [4.69, 9.17) is 10.5 Å². The van der Waals surface area contributed by atoms with Crippen LogP contribution in [0.3, 0.4) is 0 Å². The largest absolute Gasteiger partial charge is 0.497 e. The summed E-state index contributed by atoms with van der Waals surface area (Å²) >= 11 is 3.51. The topological polar surface area (TPSA) is 67.9 Å². The van der Waals surface area contributed by atoms with Crippen molar-refractivity contribution >= 4 is 28.2 Å². The van der Waals surface area contributed by atoms with E-state index in [9.17, 15) is 4.79 Å². The average Bonchev–Trinajstić information content (AvgIpc) is 2.66. The second-order valence-electron chi connectivity index (χ2n) is 6.17. The minimum absolute atomic E-state index is 0.288. The molecule has 2 N–H and O–H groups in total. The fourth-order valence-corrected chi connectivity index (χ4v) is 3.31. The lowest BCUT2D eigenvalue weighted by Gasteiger charge is -2.42. The third kappa shape index (κ3) is 4.43. The summed E-state index contributed by atoms with van der Waals surface area (Å²) in [5.74, 6) is 1.17. The lowest BCUT2D eigenvalue weighted by atomic mass is 9.87. The Labute approximate surface area is 163 Å². The van der Waals surface area contributed by atoms with Crippen LogP contribution < -0.4 is 10.5 Å². The Morgan fingerprint density at radius 1 is 1.31 bits per heavy atom. The highest BCUT2D eigenvalue weighted by atomic mass is 79.9. The SMILES string of the molecule is CN=C(N)N(Cc1ccc(OC)cc1)[C@](C)(CC=O)c1cccc(Br)c1. The number of hydrogen-bond acceptors (Lipinski definition) is 3. The minimum Gasteiger partial charge on any atom is -0.497 e. The highest BCUT2D eigenvalue weighted by Gasteiger charge is 2.35. The Hall–Kier alpha value is -2.34. The number of carbonyl (C=O) groups excluding carboxylic acids is 1. The summed E-state index contributed by atoms with van der Waals surface area (Å²) < 4.78 is 6.17. The molecule has 0 amide bonds. The number of nitrogens with zero attached hydrogens (tertiary/aromatic N) is 2. The zero-order valence-corrected chi connectivity index (χ0v) is 16.9. The van der Waals surface area contributed by atoms with E-state index in [0.29, 0.717) is 12.5 Å². The van der Waals surface area contributed by atoms with Gasteiger partial charge in [-0.3, -0.25) is 4.99 Å². The van der Waals surface area contributed by atoms with Crippen LogP contribution in [0.4, 0.5) is 0 Å². The number of ether oxygens (including phenoxy) is 1. The lowest BCUT2D eigenvalue weighted by molar-refractivity contribution is -0.110. The fraction of sp³-hybridized carbons (Fsp3) is 0.300. The van der Waals surface area contributed by atoms with Crippen LogP contribution in [0.2, 0.25) is 0 Å². The summed E-state index contributed by atoms with van der Waals surface area (Å²) in [6, 6.07) is 15.7. The molecular formula is C20H24BrN3O2. The van der Waals surface area contributed by atoms with E-state index in [1.807, 2.05) is 60.4 Å². The monoisotopic (exact) mass is 417 g/mol. The van der Waals surface area contributed by atoms with E-state index < -0.39 is 5.54 Å². The standard InChI is InChI=1S/C20H24BrN3O2/c1-20(11-12-25,16-5-4-6-17(21)13-16)24(19(22)23-2)14-15-7-9-18(26-3)10-8-15/h4-10,12-13H,11,14H2,1-3H3,(H2,22,23)/t20-/m1/s1. The predicted molar refractivity (Wildman–Crippen MR) is 108 cm³/mol. The summed E-state index contributed by atoms with van der Waals surface area (Å²) in [7, 11) is 3.29. The molecule has 1 atom stereocenters. The van der Waals surface area contributed by atoms with Gasteiger partial charge in [0.05, 0.1) is 12.6 Å². The third-order valence-corrected chi connectivity index (χ3v) is 5.02. The van der Waals surface area contributed by atoms with E-state index in [1.165, 1.54) is 0 Å². The van der Waals surface area contributed by atoms with Crippen LogP contribution in [-0.4, -0.2) is 31.3 Å². The number of aliphatic imine (C=N–C) groups is 1. The normalized spacial score (nSPS) is 13.8. The van der Waals surface area contributed by atoms with Crippen molar-refractivity contribution in [2.45, 2.75) is 25.4 Å². The Kier molecular flexibility index (Phi) is 6.80. The van der Waals surface area contributed by atoms with Gasteiger partial charge in [-0.1, -0.05) is 40.2 Å². The number of carbonyl (C=O) groups is 1. The van der Waals surface area contributed by atoms with Gasteiger partial charge in [-0.2, -0.15) is 0 Å². The third-order valence-electron chi connectivity index (χ3n) is 4.53. The smallest absolute Gasteiger partial charge is 0.192 e. The number of benzene rings is 2. The van der Waals surface area contributed by atoms with Crippen LogP contribution in [0.1, 0.15) is 24.5 Å². The molecule has 0 heterocycles. The van der Waals surface area contributed by atoms with Crippen molar-refractivity contribution < 1.29 is 9.53 Å². The van der Waals surface area contributed by atoms with Crippen molar-refractivity contribution in [3.8, 4) is 5.75 Å². The van der Waals surface area contributed by atoms with Crippen molar-refractivity contribution in [1.29, 1.82) is 0 Å². The van der Waals surface area contributed by atoms with Gasteiger partial charge in [-0.05, 0) is 42.3 Å². The highest BCUT2D eigenvalue weighted by molar-refractivity contribution is 9.10. The number of hydrogen-bond donors (Lipinski definition) is 1. The molecule has 2 rings (SSSR count). The van der Waals surface area contributed by atoms with Crippen molar-refractivity contribution in [3.63, 3.8) is 0 Å². The molecule has 26 heavy (non-hydrogen) atoms. The van der Waals surface area contributed by atoms with E-state index in [2.05, 4.69) is 20.9 Å². The zero-order valence-electron chi connectivity index (χ0n) is 15.3. The first-order valence-electron chi connectivity index (χ1n) is 8.27. The first kappa shape index (κ1) is 20.0.